The van der Waals surface area contributed by atoms with Gasteiger partial charge in [-0.25, -0.2) is 9.18 Å². The number of carbonyl (C=O) groups is 2. The van der Waals surface area contributed by atoms with Gasteiger partial charge in [0.1, 0.15) is 11.4 Å². The highest BCUT2D eigenvalue weighted by molar-refractivity contribution is 5.97. The van der Waals surface area contributed by atoms with Gasteiger partial charge in [0, 0.05) is 75.6 Å². The fraction of sp³-hybridized carbons (Fsp3) is 0.618. The van der Waals surface area contributed by atoms with Crippen LogP contribution in [0.4, 0.5) is 14.9 Å². The van der Waals surface area contributed by atoms with Gasteiger partial charge in [-0.1, -0.05) is 26.0 Å². The lowest BCUT2D eigenvalue weighted by molar-refractivity contribution is -0.121. The molecule has 3 aliphatic heterocycles. The number of benzene rings is 1. The van der Waals surface area contributed by atoms with Crippen molar-refractivity contribution in [2.45, 2.75) is 84.0 Å². The maximum absolute atomic E-state index is 14.2. The zero-order valence-corrected chi connectivity index (χ0v) is 27.4. The second-order valence-corrected chi connectivity index (χ2v) is 14.5. The first-order valence-corrected chi connectivity index (χ1v) is 15.9. The van der Waals surface area contributed by atoms with Gasteiger partial charge >= 0.3 is 6.09 Å². The molecule has 10 heteroatoms. The predicted molar refractivity (Wildman–Crippen MR) is 170 cm³/mol. The Kier molecular flexibility index (Phi) is 9.35. The van der Waals surface area contributed by atoms with E-state index >= 15 is 0 Å². The Morgan fingerprint density at radius 3 is 2.48 bits per heavy atom. The first kappa shape index (κ1) is 32.3. The molecule has 2 fully saturated rings. The fourth-order valence-corrected chi connectivity index (χ4v) is 6.67. The molecule has 3 atom stereocenters. The second kappa shape index (κ2) is 12.7. The average Bonchev–Trinajstić information content (AvgIpc) is 3.21. The highest BCUT2D eigenvalue weighted by atomic mass is 19.1. The molecule has 9 nitrogen and oxygen atoms in total. The van der Waals surface area contributed by atoms with Crippen LogP contribution in [0.15, 0.2) is 36.5 Å². The molecule has 0 spiro atoms. The van der Waals surface area contributed by atoms with Crippen molar-refractivity contribution in [1.82, 2.24) is 25.0 Å². The summed E-state index contributed by atoms with van der Waals surface area (Å²) >= 11 is 0. The number of halogens is 1. The minimum atomic E-state index is -0.577. The molecular formula is C34H49FN6O3. The largest absolute Gasteiger partial charge is 0.444 e. The first-order valence-electron chi connectivity index (χ1n) is 15.9. The van der Waals surface area contributed by atoms with E-state index in [4.69, 9.17) is 9.72 Å². The molecule has 0 radical (unpaired) electrons. The molecule has 44 heavy (non-hydrogen) atoms. The second-order valence-electron chi connectivity index (χ2n) is 14.5. The molecule has 3 aliphatic rings. The summed E-state index contributed by atoms with van der Waals surface area (Å²) < 4.78 is 19.2. The van der Waals surface area contributed by atoms with Gasteiger partial charge in [-0.15, -0.1) is 0 Å². The number of anilines is 1. The smallest absolute Gasteiger partial charge is 0.410 e. The van der Waals surface area contributed by atoms with Crippen LogP contribution < -0.4 is 10.2 Å². The Morgan fingerprint density at radius 1 is 1.07 bits per heavy atom. The van der Waals surface area contributed by atoms with Gasteiger partial charge in [-0.3, -0.25) is 19.6 Å². The number of aromatic nitrogens is 1. The summed E-state index contributed by atoms with van der Waals surface area (Å²) in [5.41, 5.74) is 2.89. The third-order valence-corrected chi connectivity index (χ3v) is 9.04. The fourth-order valence-electron chi connectivity index (χ4n) is 6.67. The summed E-state index contributed by atoms with van der Waals surface area (Å²) in [7, 11) is 0. The number of hydrogen-bond acceptors (Lipinski definition) is 7. The maximum atomic E-state index is 14.2. The molecule has 1 unspecified atom stereocenters. The van der Waals surface area contributed by atoms with Gasteiger partial charge in [-0.05, 0) is 70.4 Å². The van der Waals surface area contributed by atoms with Crippen molar-refractivity contribution in [3.8, 4) is 0 Å². The van der Waals surface area contributed by atoms with E-state index in [1.165, 1.54) is 12.1 Å². The summed E-state index contributed by atoms with van der Waals surface area (Å²) in [4.78, 5) is 40.7. The van der Waals surface area contributed by atoms with E-state index in [9.17, 15) is 14.0 Å². The zero-order chi connectivity index (χ0) is 31.8. The van der Waals surface area contributed by atoms with Gasteiger partial charge in [0.05, 0.1) is 17.9 Å². The topological polar surface area (TPSA) is 81.2 Å². The van der Waals surface area contributed by atoms with Gasteiger partial charge in [0.2, 0.25) is 5.91 Å². The Hall–Kier alpha value is -3.08. The van der Waals surface area contributed by atoms with Crippen LogP contribution in [0, 0.1) is 5.82 Å². The number of nitrogens with zero attached hydrogens (tertiary/aromatic N) is 5. The number of amides is 2. The standard InChI is InChI=1S/C34H49FN6O3/c1-23-16-36-12-13-38(23)19-28-20-40(32(43)44-33(3,4)5)24(2)18-39(28)21-30(42)41-22-34(6,7)31-29(41)15-26(17-37-31)14-25-8-10-27(35)11-9-25/h8-11,15,17,23-24,28,36H,12-14,16,18-22H2,1-7H3/t23?,24-,28+/m1/s1. The number of ether oxygens (including phenoxy) is 1. The van der Waals surface area contributed by atoms with E-state index < -0.39 is 5.60 Å². The van der Waals surface area contributed by atoms with Crippen LogP contribution in [0.3, 0.4) is 0 Å². The van der Waals surface area contributed by atoms with Crippen LogP contribution in [-0.4, -0.2) is 108 Å². The van der Waals surface area contributed by atoms with Crippen LogP contribution in [0.2, 0.25) is 0 Å². The summed E-state index contributed by atoms with van der Waals surface area (Å²) in [6.45, 7) is 19.6. The molecule has 2 aromatic rings. The molecule has 0 aliphatic carbocycles. The average molecular weight is 609 g/mol. The van der Waals surface area contributed by atoms with Crippen molar-refractivity contribution in [2.24, 2.45) is 0 Å². The van der Waals surface area contributed by atoms with Crippen molar-refractivity contribution in [3.63, 3.8) is 0 Å². The van der Waals surface area contributed by atoms with Gasteiger partial charge < -0.3 is 19.9 Å². The number of nitrogens with one attached hydrogen (secondary N) is 1. The quantitative estimate of drug-likeness (QED) is 0.530. The maximum Gasteiger partial charge on any atom is 0.410 e. The van der Waals surface area contributed by atoms with Crippen molar-refractivity contribution >= 4 is 17.7 Å². The summed E-state index contributed by atoms with van der Waals surface area (Å²) in [5, 5.41) is 3.46. The highest BCUT2D eigenvalue weighted by Gasteiger charge is 2.42. The highest BCUT2D eigenvalue weighted by Crippen LogP contribution is 2.40. The number of fused-ring (bicyclic) bond motifs is 1. The molecule has 5 rings (SSSR count). The van der Waals surface area contributed by atoms with Crippen LogP contribution in [0.5, 0.6) is 0 Å². The number of carbonyl (C=O) groups excluding carboxylic acids is 2. The van der Waals surface area contributed by atoms with E-state index in [0.29, 0.717) is 32.1 Å². The number of piperazine rings is 2. The summed E-state index contributed by atoms with van der Waals surface area (Å²) in [6, 6.07) is 8.84. The third-order valence-electron chi connectivity index (χ3n) is 9.04. The van der Waals surface area contributed by atoms with E-state index in [2.05, 4.69) is 42.0 Å². The Morgan fingerprint density at radius 2 is 1.80 bits per heavy atom. The van der Waals surface area contributed by atoms with E-state index in [0.717, 1.165) is 48.7 Å². The lowest BCUT2D eigenvalue weighted by Crippen LogP contribution is -2.65. The number of hydrogen-bond donors (Lipinski definition) is 1. The predicted octanol–water partition coefficient (Wildman–Crippen LogP) is 4.04. The number of rotatable bonds is 6. The van der Waals surface area contributed by atoms with Crippen LogP contribution in [0.1, 0.15) is 65.3 Å². The molecule has 2 amide bonds. The molecule has 0 saturated carbocycles. The monoisotopic (exact) mass is 608 g/mol. The third kappa shape index (κ3) is 7.41. The molecule has 1 aromatic heterocycles. The lowest BCUT2D eigenvalue weighted by atomic mass is 9.91. The normalized spacial score (nSPS) is 24.3. The van der Waals surface area contributed by atoms with Gasteiger partial charge in [0.25, 0.3) is 0 Å². The molecule has 4 heterocycles. The first-order chi connectivity index (χ1) is 20.7. The Bertz CT molecular complexity index is 1340. The van der Waals surface area contributed by atoms with Gasteiger partial charge in [-0.2, -0.15) is 0 Å². The van der Waals surface area contributed by atoms with Gasteiger partial charge in [0.15, 0.2) is 0 Å². The Labute approximate surface area is 261 Å². The molecular weight excluding hydrogens is 559 g/mol. The Balaban J connectivity index is 1.36. The van der Waals surface area contributed by atoms with E-state index in [-0.39, 0.29) is 41.9 Å². The van der Waals surface area contributed by atoms with Crippen LogP contribution in [-0.2, 0) is 21.4 Å². The van der Waals surface area contributed by atoms with Crippen molar-refractivity contribution in [3.05, 3.63) is 59.2 Å². The van der Waals surface area contributed by atoms with Crippen molar-refractivity contribution < 1.29 is 18.7 Å². The molecule has 0 bridgehead atoms. The van der Waals surface area contributed by atoms with E-state index in [1.807, 2.05) is 43.7 Å². The molecule has 1 aromatic carbocycles. The van der Waals surface area contributed by atoms with Crippen LogP contribution >= 0.6 is 0 Å². The summed E-state index contributed by atoms with van der Waals surface area (Å²) in [6.07, 6.45) is 2.18. The minimum absolute atomic E-state index is 0.0127. The SMILES string of the molecule is CC1CNCCN1C[C@H]1CN(C(=O)OC(C)(C)C)[C@H](C)CN1CC(=O)N1CC(C)(C)c2ncc(Cc3ccc(F)cc3)cc21. The summed E-state index contributed by atoms with van der Waals surface area (Å²) in [5.74, 6) is -0.223. The zero-order valence-electron chi connectivity index (χ0n) is 27.4. The van der Waals surface area contributed by atoms with E-state index in [1.54, 1.807) is 12.1 Å². The van der Waals surface area contributed by atoms with Crippen LogP contribution in [0.25, 0.3) is 0 Å². The number of pyridine rings is 1. The molecule has 1 N–H and O–H groups in total. The minimum Gasteiger partial charge on any atom is -0.444 e. The molecule has 2 saturated heterocycles. The molecule has 240 valence electrons. The van der Waals surface area contributed by atoms with Crippen molar-refractivity contribution in [1.29, 1.82) is 0 Å². The lowest BCUT2D eigenvalue weighted by Gasteiger charge is -2.47. The van der Waals surface area contributed by atoms with Crippen molar-refractivity contribution in [2.75, 3.05) is 57.3 Å².